The first-order valence-electron chi connectivity index (χ1n) is 10.1. The Labute approximate surface area is 159 Å². The van der Waals surface area contributed by atoms with Crippen LogP contribution in [-0.4, -0.2) is 5.91 Å². The Morgan fingerprint density at radius 2 is 0.870 bits per heavy atom. The standard InChI is InChI=1S/C20H41NO.Li.H/c1-2-3-4-5-6-7-8-9-10-11-12-13-14-15-16-17-18-19-20(21)22;;/h2-19H2,1H3,(H2,21,22);;/q;+1;-1. The molecule has 0 spiro atoms. The maximum Gasteiger partial charge on any atom is 1.00 e. The van der Waals surface area contributed by atoms with E-state index in [2.05, 4.69) is 6.92 Å². The van der Waals surface area contributed by atoms with Gasteiger partial charge < -0.3 is 7.16 Å². The van der Waals surface area contributed by atoms with Gasteiger partial charge in [0.25, 0.3) is 0 Å². The zero-order valence-electron chi connectivity index (χ0n) is 17.2. The van der Waals surface area contributed by atoms with Crippen molar-refractivity contribution in [2.75, 3.05) is 0 Å². The van der Waals surface area contributed by atoms with Gasteiger partial charge in [-0.1, -0.05) is 110 Å². The summed E-state index contributed by atoms with van der Waals surface area (Å²) in [5.41, 5.74) is 5.12. The number of amides is 1. The van der Waals surface area contributed by atoms with Crippen LogP contribution >= 0.6 is 0 Å². The number of hydrogen-bond acceptors (Lipinski definition) is 1. The molecule has 2 N–H and O–H groups in total. The molecule has 0 aliphatic heterocycles. The third-order valence-electron chi connectivity index (χ3n) is 4.53. The van der Waals surface area contributed by atoms with Crippen LogP contribution in [0.25, 0.3) is 0 Å². The van der Waals surface area contributed by atoms with Crippen molar-refractivity contribution in [3.05, 3.63) is 0 Å². The van der Waals surface area contributed by atoms with E-state index in [-0.39, 0.29) is 26.2 Å². The van der Waals surface area contributed by atoms with Crippen LogP contribution in [-0.2, 0) is 4.79 Å². The molecule has 0 heterocycles. The van der Waals surface area contributed by atoms with Gasteiger partial charge in [0.2, 0.25) is 5.91 Å². The molecule has 0 atom stereocenters. The summed E-state index contributed by atoms with van der Waals surface area (Å²) in [6, 6.07) is 0. The summed E-state index contributed by atoms with van der Waals surface area (Å²) in [4.78, 5) is 10.6. The fourth-order valence-corrected chi connectivity index (χ4v) is 3.02. The van der Waals surface area contributed by atoms with Crippen molar-refractivity contribution in [3.8, 4) is 0 Å². The molecule has 0 aromatic heterocycles. The number of nitrogens with two attached hydrogens (primary N) is 1. The van der Waals surface area contributed by atoms with Gasteiger partial charge in [0.15, 0.2) is 0 Å². The molecule has 0 aromatic carbocycles. The van der Waals surface area contributed by atoms with E-state index in [4.69, 9.17) is 5.73 Å². The molecule has 0 saturated heterocycles. The summed E-state index contributed by atoms with van der Waals surface area (Å²) in [5.74, 6) is -0.152. The summed E-state index contributed by atoms with van der Waals surface area (Å²) in [6.07, 6.45) is 23.8. The minimum Gasteiger partial charge on any atom is -1.00 e. The van der Waals surface area contributed by atoms with Crippen LogP contribution in [0.5, 0.6) is 0 Å². The summed E-state index contributed by atoms with van der Waals surface area (Å²) in [6.45, 7) is 2.28. The molecule has 0 saturated carbocycles. The monoisotopic (exact) mass is 319 g/mol. The van der Waals surface area contributed by atoms with Crippen molar-refractivity contribution >= 4 is 5.91 Å². The molecule has 0 fully saturated rings. The third kappa shape index (κ3) is 24.4. The predicted molar refractivity (Wildman–Crippen MR) is 99.1 cm³/mol. The molecule has 0 unspecified atom stereocenters. The maximum absolute atomic E-state index is 10.6. The minimum absolute atomic E-state index is 0. The van der Waals surface area contributed by atoms with E-state index in [9.17, 15) is 4.79 Å². The first kappa shape index (κ1) is 25.3. The van der Waals surface area contributed by atoms with Crippen molar-refractivity contribution < 1.29 is 25.1 Å². The second kappa shape index (κ2) is 22.1. The van der Waals surface area contributed by atoms with Crippen LogP contribution in [0.4, 0.5) is 0 Å². The zero-order valence-corrected chi connectivity index (χ0v) is 16.2. The van der Waals surface area contributed by atoms with Gasteiger partial charge in [-0.2, -0.15) is 0 Å². The first-order valence-corrected chi connectivity index (χ1v) is 10.1. The van der Waals surface area contributed by atoms with Crippen molar-refractivity contribution in [2.45, 2.75) is 122 Å². The second-order valence-corrected chi connectivity index (χ2v) is 6.87. The second-order valence-electron chi connectivity index (χ2n) is 6.87. The van der Waals surface area contributed by atoms with Crippen LogP contribution in [0.15, 0.2) is 0 Å². The van der Waals surface area contributed by atoms with E-state index in [1.165, 1.54) is 103 Å². The average Bonchev–Trinajstić information content (AvgIpc) is 2.50. The van der Waals surface area contributed by atoms with Crippen molar-refractivity contribution in [3.63, 3.8) is 0 Å². The number of unbranched alkanes of at least 4 members (excludes halogenated alkanes) is 16. The van der Waals surface area contributed by atoms with Gasteiger partial charge in [-0.15, -0.1) is 0 Å². The minimum atomic E-state index is -0.152. The summed E-state index contributed by atoms with van der Waals surface area (Å²) in [5, 5.41) is 0. The quantitative estimate of drug-likeness (QED) is 0.304. The Bertz CT molecular complexity index is 240. The Balaban J connectivity index is -0.00000220. The van der Waals surface area contributed by atoms with Gasteiger partial charge in [0.05, 0.1) is 0 Å². The molecular formula is C20H42LiNO. The van der Waals surface area contributed by atoms with Crippen LogP contribution < -0.4 is 24.6 Å². The smallest absolute Gasteiger partial charge is 1.00 e. The number of rotatable bonds is 18. The van der Waals surface area contributed by atoms with Crippen molar-refractivity contribution in [2.24, 2.45) is 5.73 Å². The fraction of sp³-hybridized carbons (Fsp3) is 0.950. The van der Waals surface area contributed by atoms with E-state index in [1.807, 2.05) is 0 Å². The predicted octanol–water partition coefficient (Wildman–Crippen LogP) is 3.63. The van der Waals surface area contributed by atoms with E-state index >= 15 is 0 Å². The van der Waals surface area contributed by atoms with Gasteiger partial charge in [0, 0.05) is 6.42 Å². The van der Waals surface area contributed by atoms with Gasteiger partial charge >= 0.3 is 18.9 Å². The fourth-order valence-electron chi connectivity index (χ4n) is 3.02. The average molecular weight is 320 g/mol. The Morgan fingerprint density at radius 1 is 0.609 bits per heavy atom. The van der Waals surface area contributed by atoms with Crippen LogP contribution in [0, 0.1) is 0 Å². The Morgan fingerprint density at radius 3 is 1.13 bits per heavy atom. The van der Waals surface area contributed by atoms with Gasteiger partial charge in [-0.25, -0.2) is 0 Å². The molecule has 1 amide bonds. The van der Waals surface area contributed by atoms with Gasteiger partial charge in [0.1, 0.15) is 0 Å². The molecule has 0 aromatic rings. The topological polar surface area (TPSA) is 43.1 Å². The maximum atomic E-state index is 10.6. The molecule has 2 nitrogen and oxygen atoms in total. The van der Waals surface area contributed by atoms with E-state index in [1.54, 1.807) is 0 Å². The zero-order chi connectivity index (χ0) is 16.3. The van der Waals surface area contributed by atoms with E-state index in [0.717, 1.165) is 6.42 Å². The first-order chi connectivity index (χ1) is 10.8. The molecule has 0 bridgehead atoms. The molecule has 134 valence electrons. The number of primary amides is 1. The molecule has 0 rings (SSSR count). The normalized spacial score (nSPS) is 10.5. The van der Waals surface area contributed by atoms with Crippen LogP contribution in [0.2, 0.25) is 0 Å². The molecule has 0 radical (unpaired) electrons. The third-order valence-corrected chi connectivity index (χ3v) is 4.53. The molecule has 3 heteroatoms. The van der Waals surface area contributed by atoms with E-state index < -0.39 is 0 Å². The van der Waals surface area contributed by atoms with Crippen LogP contribution in [0.3, 0.4) is 0 Å². The molecule has 0 aliphatic carbocycles. The van der Waals surface area contributed by atoms with Gasteiger partial charge in [-0.05, 0) is 6.42 Å². The van der Waals surface area contributed by atoms with Crippen molar-refractivity contribution in [1.29, 1.82) is 0 Å². The largest absolute Gasteiger partial charge is 1.00 e. The van der Waals surface area contributed by atoms with Gasteiger partial charge in [-0.3, -0.25) is 4.79 Å². The van der Waals surface area contributed by atoms with E-state index in [0.29, 0.717) is 6.42 Å². The summed E-state index contributed by atoms with van der Waals surface area (Å²) < 4.78 is 0. The SMILES string of the molecule is CCCCCCCCCCCCCCCCCCCC(N)=O.[H-].[Li+]. The molecule has 0 aliphatic rings. The Hall–Kier alpha value is 0.0674. The molecule has 23 heavy (non-hydrogen) atoms. The molecular weight excluding hydrogens is 277 g/mol. The van der Waals surface area contributed by atoms with Crippen molar-refractivity contribution in [1.82, 2.24) is 0 Å². The number of carbonyl (C=O) groups is 1. The number of carbonyl (C=O) groups excluding carboxylic acids is 1. The Kier molecular flexibility index (Phi) is 24.3. The summed E-state index contributed by atoms with van der Waals surface area (Å²) >= 11 is 0. The summed E-state index contributed by atoms with van der Waals surface area (Å²) in [7, 11) is 0. The van der Waals surface area contributed by atoms with Crippen LogP contribution in [0.1, 0.15) is 124 Å². The number of hydrogen-bond donors (Lipinski definition) is 1.